The average molecular weight is 309 g/mol. The van der Waals surface area contributed by atoms with Gasteiger partial charge in [-0.1, -0.05) is 6.92 Å². The quantitative estimate of drug-likeness (QED) is 0.632. The molecule has 0 aliphatic carbocycles. The van der Waals surface area contributed by atoms with Gasteiger partial charge >= 0.3 is 0 Å². The van der Waals surface area contributed by atoms with E-state index in [9.17, 15) is 0 Å². The van der Waals surface area contributed by atoms with Gasteiger partial charge in [0.05, 0.1) is 0 Å². The van der Waals surface area contributed by atoms with E-state index in [4.69, 9.17) is 5.84 Å². The Kier molecular flexibility index (Phi) is 4.64. The van der Waals surface area contributed by atoms with Gasteiger partial charge in [-0.3, -0.25) is 5.43 Å². The first-order valence-electron chi connectivity index (χ1n) is 7.64. The highest BCUT2D eigenvalue weighted by Gasteiger charge is 2.24. The number of anilines is 3. The molecule has 1 atom stereocenters. The lowest BCUT2D eigenvalue weighted by Gasteiger charge is -2.32. The summed E-state index contributed by atoms with van der Waals surface area (Å²) in [5.74, 6) is 8.59. The first kappa shape index (κ1) is 14.6. The number of hydrazine groups is 1. The van der Waals surface area contributed by atoms with E-state index >= 15 is 0 Å². The van der Waals surface area contributed by atoms with Crippen LogP contribution in [0.2, 0.25) is 0 Å². The van der Waals surface area contributed by atoms with Gasteiger partial charge in [0.2, 0.25) is 17.8 Å². The molecule has 2 saturated heterocycles. The molecular formula is C13H23N7S. The fourth-order valence-electron chi connectivity index (χ4n) is 2.77. The number of hydrogen-bond donors (Lipinski definition) is 2. The van der Waals surface area contributed by atoms with Gasteiger partial charge in [0.15, 0.2) is 0 Å². The normalized spacial score (nSPS) is 22.7. The lowest BCUT2D eigenvalue weighted by atomic mass is 10.3. The predicted octanol–water partition coefficient (Wildman–Crippen LogP) is 1.09. The minimum absolute atomic E-state index is 0.452. The third kappa shape index (κ3) is 3.32. The molecule has 0 bridgehead atoms. The average Bonchev–Trinajstić information content (AvgIpc) is 3.09. The van der Waals surface area contributed by atoms with Crippen LogP contribution in [0.4, 0.5) is 17.8 Å². The number of nitrogen functional groups attached to an aromatic ring is 1. The molecule has 116 valence electrons. The molecule has 0 radical (unpaired) electrons. The molecule has 2 aliphatic heterocycles. The standard InChI is InChI=1S/C13H23N7S/c1-2-10-9-20(7-8-21-10)13-16-11(18-14)15-12(17-13)19-5-3-4-6-19/h10H,2-9,14H2,1H3,(H,15,16,17,18). The van der Waals surface area contributed by atoms with Gasteiger partial charge in [-0.05, 0) is 19.3 Å². The second-order valence-corrected chi connectivity index (χ2v) is 6.85. The van der Waals surface area contributed by atoms with Crippen LogP contribution < -0.4 is 21.1 Å². The van der Waals surface area contributed by atoms with E-state index in [0.717, 1.165) is 43.8 Å². The van der Waals surface area contributed by atoms with Crippen LogP contribution in [0.5, 0.6) is 0 Å². The van der Waals surface area contributed by atoms with Gasteiger partial charge in [0.25, 0.3) is 0 Å². The Hall–Kier alpha value is -1.28. The Bertz CT molecular complexity index is 478. The molecule has 2 aliphatic rings. The van der Waals surface area contributed by atoms with E-state index in [1.54, 1.807) is 0 Å². The van der Waals surface area contributed by atoms with Gasteiger partial charge < -0.3 is 9.80 Å². The molecule has 3 rings (SSSR count). The van der Waals surface area contributed by atoms with Crippen molar-refractivity contribution in [1.82, 2.24) is 15.0 Å². The molecule has 21 heavy (non-hydrogen) atoms. The second-order valence-electron chi connectivity index (χ2n) is 5.44. The molecular weight excluding hydrogens is 286 g/mol. The lowest BCUT2D eigenvalue weighted by Crippen LogP contribution is -2.39. The van der Waals surface area contributed by atoms with Crippen molar-refractivity contribution in [2.45, 2.75) is 31.4 Å². The monoisotopic (exact) mass is 309 g/mol. The van der Waals surface area contributed by atoms with Crippen molar-refractivity contribution in [1.29, 1.82) is 0 Å². The SMILES string of the molecule is CCC1CN(c2nc(NN)nc(N3CCCC3)n2)CCS1. The topological polar surface area (TPSA) is 83.2 Å². The van der Waals surface area contributed by atoms with E-state index in [0.29, 0.717) is 11.2 Å². The van der Waals surface area contributed by atoms with Crippen LogP contribution in [0.3, 0.4) is 0 Å². The van der Waals surface area contributed by atoms with E-state index in [2.05, 4.69) is 37.1 Å². The van der Waals surface area contributed by atoms with E-state index in [1.807, 2.05) is 11.8 Å². The summed E-state index contributed by atoms with van der Waals surface area (Å²) >= 11 is 2.04. The van der Waals surface area contributed by atoms with Gasteiger partial charge in [0, 0.05) is 37.2 Å². The maximum atomic E-state index is 5.53. The third-order valence-corrected chi connectivity index (χ3v) is 5.38. The van der Waals surface area contributed by atoms with Crippen LogP contribution in [0.25, 0.3) is 0 Å². The highest BCUT2D eigenvalue weighted by atomic mass is 32.2. The Morgan fingerprint density at radius 3 is 2.52 bits per heavy atom. The lowest BCUT2D eigenvalue weighted by molar-refractivity contribution is 0.705. The molecule has 0 aromatic carbocycles. The zero-order valence-electron chi connectivity index (χ0n) is 12.5. The molecule has 7 nitrogen and oxygen atoms in total. The van der Waals surface area contributed by atoms with Gasteiger partial charge in [0.1, 0.15) is 0 Å². The molecule has 0 saturated carbocycles. The smallest absolute Gasteiger partial charge is 0.243 e. The molecule has 1 unspecified atom stereocenters. The molecule has 0 spiro atoms. The number of hydrogen-bond acceptors (Lipinski definition) is 8. The van der Waals surface area contributed by atoms with E-state index in [1.165, 1.54) is 19.3 Å². The first-order valence-corrected chi connectivity index (χ1v) is 8.69. The van der Waals surface area contributed by atoms with Crippen LogP contribution in [0, 0.1) is 0 Å². The molecule has 2 fully saturated rings. The highest BCUT2D eigenvalue weighted by Crippen LogP contribution is 2.26. The van der Waals surface area contributed by atoms with Crippen LogP contribution >= 0.6 is 11.8 Å². The number of aromatic nitrogens is 3. The fourth-order valence-corrected chi connectivity index (χ4v) is 3.95. The number of nitrogens with zero attached hydrogens (tertiary/aromatic N) is 5. The number of nitrogens with two attached hydrogens (primary N) is 1. The van der Waals surface area contributed by atoms with Crippen LogP contribution in [0.15, 0.2) is 0 Å². The second kappa shape index (κ2) is 6.65. The third-order valence-electron chi connectivity index (χ3n) is 4.01. The van der Waals surface area contributed by atoms with Crippen molar-refractivity contribution >= 4 is 29.6 Å². The number of rotatable bonds is 4. The summed E-state index contributed by atoms with van der Waals surface area (Å²) in [5.41, 5.74) is 2.57. The van der Waals surface area contributed by atoms with Crippen molar-refractivity contribution in [3.05, 3.63) is 0 Å². The van der Waals surface area contributed by atoms with E-state index < -0.39 is 0 Å². The first-order chi connectivity index (χ1) is 10.3. The van der Waals surface area contributed by atoms with Crippen molar-refractivity contribution < 1.29 is 0 Å². The zero-order valence-corrected chi connectivity index (χ0v) is 13.3. The van der Waals surface area contributed by atoms with Crippen LogP contribution in [-0.2, 0) is 0 Å². The van der Waals surface area contributed by atoms with Crippen molar-refractivity contribution in [3.8, 4) is 0 Å². The molecule has 3 N–H and O–H groups in total. The summed E-state index contributed by atoms with van der Waals surface area (Å²) in [6.07, 6.45) is 3.57. The van der Waals surface area contributed by atoms with Crippen molar-refractivity contribution in [2.24, 2.45) is 5.84 Å². The maximum absolute atomic E-state index is 5.53. The number of nitrogens with one attached hydrogen (secondary N) is 1. The van der Waals surface area contributed by atoms with Crippen LogP contribution in [0.1, 0.15) is 26.2 Å². The maximum Gasteiger partial charge on any atom is 0.243 e. The molecule has 3 heterocycles. The molecule has 0 amide bonds. The fraction of sp³-hybridized carbons (Fsp3) is 0.769. The minimum Gasteiger partial charge on any atom is -0.341 e. The predicted molar refractivity (Wildman–Crippen MR) is 87.8 cm³/mol. The Balaban J connectivity index is 1.84. The van der Waals surface area contributed by atoms with Crippen LogP contribution in [-0.4, -0.2) is 52.1 Å². The Labute approximate surface area is 129 Å². The zero-order chi connectivity index (χ0) is 14.7. The summed E-state index contributed by atoms with van der Waals surface area (Å²) in [5, 5.41) is 0.653. The van der Waals surface area contributed by atoms with Gasteiger partial charge in [-0.25, -0.2) is 5.84 Å². The largest absolute Gasteiger partial charge is 0.341 e. The van der Waals surface area contributed by atoms with Crippen molar-refractivity contribution in [2.75, 3.05) is 47.2 Å². The van der Waals surface area contributed by atoms with Crippen molar-refractivity contribution in [3.63, 3.8) is 0 Å². The summed E-state index contributed by atoms with van der Waals surface area (Å²) in [4.78, 5) is 18.0. The summed E-state index contributed by atoms with van der Waals surface area (Å²) < 4.78 is 0. The van der Waals surface area contributed by atoms with Gasteiger partial charge in [-0.15, -0.1) is 0 Å². The summed E-state index contributed by atoms with van der Waals surface area (Å²) in [7, 11) is 0. The summed E-state index contributed by atoms with van der Waals surface area (Å²) in [6.45, 7) is 6.24. The van der Waals surface area contributed by atoms with E-state index in [-0.39, 0.29) is 0 Å². The molecule has 8 heteroatoms. The Morgan fingerprint density at radius 1 is 1.14 bits per heavy atom. The Morgan fingerprint density at radius 2 is 1.86 bits per heavy atom. The minimum atomic E-state index is 0.452. The number of thioether (sulfide) groups is 1. The molecule has 1 aromatic rings. The highest BCUT2D eigenvalue weighted by molar-refractivity contribution is 8.00. The molecule has 1 aromatic heterocycles. The summed E-state index contributed by atoms with van der Waals surface area (Å²) in [6, 6.07) is 0. The van der Waals surface area contributed by atoms with Gasteiger partial charge in [-0.2, -0.15) is 26.7 Å².